The third-order valence-electron chi connectivity index (χ3n) is 3.86. The van der Waals surface area contributed by atoms with E-state index in [1.54, 1.807) is 4.31 Å². The van der Waals surface area contributed by atoms with Crippen molar-refractivity contribution in [2.24, 2.45) is 0 Å². The van der Waals surface area contributed by atoms with Crippen molar-refractivity contribution in [3.8, 4) is 0 Å². The Balaban J connectivity index is 1.63. The average Bonchev–Trinajstić information content (AvgIpc) is 2.56. The van der Waals surface area contributed by atoms with Crippen LogP contribution in [0.2, 0.25) is 0 Å². The normalized spacial score (nSPS) is 16.6. The molecule has 0 unspecified atom stereocenters. The van der Waals surface area contributed by atoms with Gasteiger partial charge in [0, 0.05) is 6.07 Å². The molecule has 0 amide bonds. The second-order valence-electron chi connectivity index (χ2n) is 5.38. The Morgan fingerprint density at radius 3 is 2.23 bits per heavy atom. The first-order chi connectivity index (χ1) is 10.6. The van der Waals surface area contributed by atoms with Crippen molar-refractivity contribution in [2.75, 3.05) is 31.1 Å². The zero-order chi connectivity index (χ0) is 15.4. The predicted molar refractivity (Wildman–Crippen MR) is 85.8 cm³/mol. The number of aromatic nitrogens is 1. The highest BCUT2D eigenvalue weighted by atomic mass is 32.2. The maximum absolute atomic E-state index is 12.5. The Morgan fingerprint density at radius 1 is 0.909 bits per heavy atom. The molecule has 0 saturated carbocycles. The Kier molecular flexibility index (Phi) is 4.40. The van der Waals surface area contributed by atoms with Crippen molar-refractivity contribution in [3.63, 3.8) is 0 Å². The number of hydrogen-bond acceptors (Lipinski definition) is 3. The van der Waals surface area contributed by atoms with Crippen LogP contribution >= 0.6 is 0 Å². The smallest absolute Gasteiger partial charge is 0.259 e. The van der Waals surface area contributed by atoms with Crippen molar-refractivity contribution < 1.29 is 13.4 Å². The fourth-order valence-corrected chi connectivity index (χ4v) is 4.18. The molecule has 1 N–H and O–H groups in total. The lowest BCUT2D eigenvalue weighted by atomic mass is 10.2. The molecule has 0 radical (unpaired) electrons. The van der Waals surface area contributed by atoms with Crippen molar-refractivity contribution in [3.05, 3.63) is 60.3 Å². The molecule has 6 heteroatoms. The molecular formula is C16H20N3O2S+. The first kappa shape index (κ1) is 15.0. The van der Waals surface area contributed by atoms with Gasteiger partial charge in [0.15, 0.2) is 0 Å². The highest BCUT2D eigenvalue weighted by molar-refractivity contribution is 7.88. The van der Waals surface area contributed by atoms with Crippen LogP contribution in [0.25, 0.3) is 0 Å². The van der Waals surface area contributed by atoms with E-state index < -0.39 is 10.0 Å². The van der Waals surface area contributed by atoms with E-state index in [2.05, 4.69) is 9.88 Å². The summed E-state index contributed by atoms with van der Waals surface area (Å²) in [4.78, 5) is 5.36. The molecule has 2 heterocycles. The van der Waals surface area contributed by atoms with E-state index in [-0.39, 0.29) is 5.75 Å². The summed E-state index contributed by atoms with van der Waals surface area (Å²) >= 11 is 0. The van der Waals surface area contributed by atoms with Gasteiger partial charge in [-0.15, -0.1) is 0 Å². The van der Waals surface area contributed by atoms with Crippen LogP contribution in [0.15, 0.2) is 54.7 Å². The van der Waals surface area contributed by atoms with Gasteiger partial charge in [-0.3, -0.25) is 4.90 Å². The van der Waals surface area contributed by atoms with Crippen LogP contribution in [0.3, 0.4) is 0 Å². The number of nitrogens with zero attached hydrogens (tertiary/aromatic N) is 2. The molecule has 1 saturated heterocycles. The van der Waals surface area contributed by atoms with Gasteiger partial charge >= 0.3 is 0 Å². The summed E-state index contributed by atoms with van der Waals surface area (Å²) in [5, 5.41) is 0. The molecule has 1 aliphatic heterocycles. The lowest BCUT2D eigenvalue weighted by molar-refractivity contribution is -0.364. The highest BCUT2D eigenvalue weighted by Crippen LogP contribution is 2.15. The summed E-state index contributed by atoms with van der Waals surface area (Å²) in [5.41, 5.74) is 0.835. The van der Waals surface area contributed by atoms with Crippen LogP contribution in [0.5, 0.6) is 0 Å². The SMILES string of the molecule is O=S(=O)(Cc1ccccc1)N1CCN(c2cccc[nH+]2)CC1. The molecule has 0 atom stereocenters. The third kappa shape index (κ3) is 3.45. The molecule has 1 aromatic carbocycles. The molecule has 5 nitrogen and oxygen atoms in total. The van der Waals surface area contributed by atoms with Gasteiger partial charge in [-0.1, -0.05) is 36.4 Å². The lowest BCUT2D eigenvalue weighted by Gasteiger charge is -2.30. The number of pyridine rings is 1. The third-order valence-corrected chi connectivity index (χ3v) is 5.71. The number of benzene rings is 1. The van der Waals surface area contributed by atoms with E-state index in [0.717, 1.165) is 11.4 Å². The van der Waals surface area contributed by atoms with Gasteiger partial charge in [0.2, 0.25) is 10.0 Å². The van der Waals surface area contributed by atoms with Crippen molar-refractivity contribution in [1.29, 1.82) is 0 Å². The van der Waals surface area contributed by atoms with Crippen LogP contribution in [-0.4, -0.2) is 38.9 Å². The summed E-state index contributed by atoms with van der Waals surface area (Å²) in [6.07, 6.45) is 1.88. The topological polar surface area (TPSA) is 54.8 Å². The fourth-order valence-electron chi connectivity index (χ4n) is 2.66. The average molecular weight is 318 g/mol. The Morgan fingerprint density at radius 2 is 1.59 bits per heavy atom. The molecule has 3 rings (SSSR count). The van der Waals surface area contributed by atoms with E-state index in [4.69, 9.17) is 0 Å². The van der Waals surface area contributed by atoms with Crippen LogP contribution in [0.1, 0.15) is 5.56 Å². The summed E-state index contributed by atoms with van der Waals surface area (Å²) in [6.45, 7) is 2.46. The number of H-pyrrole nitrogens is 1. The van der Waals surface area contributed by atoms with Crippen LogP contribution in [0.4, 0.5) is 5.82 Å². The lowest BCUT2D eigenvalue weighted by Crippen LogP contribution is -2.50. The fraction of sp³-hybridized carbons (Fsp3) is 0.312. The van der Waals surface area contributed by atoms with E-state index >= 15 is 0 Å². The van der Waals surface area contributed by atoms with Crippen molar-refractivity contribution >= 4 is 15.8 Å². The van der Waals surface area contributed by atoms with Crippen LogP contribution < -0.4 is 9.88 Å². The van der Waals surface area contributed by atoms with Gasteiger partial charge < -0.3 is 0 Å². The summed E-state index contributed by atoms with van der Waals surface area (Å²) in [6, 6.07) is 15.3. The van der Waals surface area contributed by atoms with Gasteiger partial charge in [-0.2, -0.15) is 4.31 Å². The van der Waals surface area contributed by atoms with E-state index in [9.17, 15) is 8.42 Å². The molecule has 0 spiro atoms. The number of rotatable bonds is 4. The quantitative estimate of drug-likeness (QED) is 0.850. The molecular weight excluding hydrogens is 298 g/mol. The molecule has 2 aromatic rings. The summed E-state index contributed by atoms with van der Waals surface area (Å²) in [5.74, 6) is 1.10. The molecule has 22 heavy (non-hydrogen) atoms. The Labute approximate surface area is 131 Å². The zero-order valence-corrected chi connectivity index (χ0v) is 13.2. The molecule has 1 fully saturated rings. The van der Waals surface area contributed by atoms with Gasteiger partial charge in [-0.05, 0) is 11.6 Å². The first-order valence-electron chi connectivity index (χ1n) is 7.38. The van der Waals surface area contributed by atoms with E-state index in [1.807, 2.05) is 54.7 Å². The number of anilines is 1. The summed E-state index contributed by atoms with van der Waals surface area (Å²) < 4.78 is 26.6. The number of sulfonamides is 1. The summed E-state index contributed by atoms with van der Waals surface area (Å²) in [7, 11) is -3.25. The minimum atomic E-state index is -3.25. The Hall–Kier alpha value is -1.92. The van der Waals surface area contributed by atoms with Gasteiger partial charge in [0.1, 0.15) is 0 Å². The van der Waals surface area contributed by atoms with Crippen molar-refractivity contribution in [1.82, 2.24) is 4.31 Å². The first-order valence-corrected chi connectivity index (χ1v) is 8.99. The number of piperazine rings is 1. The monoisotopic (exact) mass is 318 g/mol. The molecule has 0 bridgehead atoms. The number of nitrogens with one attached hydrogen (secondary N) is 1. The van der Waals surface area contributed by atoms with Crippen LogP contribution in [-0.2, 0) is 15.8 Å². The zero-order valence-electron chi connectivity index (χ0n) is 12.4. The van der Waals surface area contributed by atoms with Gasteiger partial charge in [0.25, 0.3) is 5.82 Å². The van der Waals surface area contributed by atoms with Gasteiger partial charge in [0.05, 0.1) is 38.1 Å². The van der Waals surface area contributed by atoms with Crippen molar-refractivity contribution in [2.45, 2.75) is 5.75 Å². The van der Waals surface area contributed by atoms with Crippen LogP contribution in [0, 0.1) is 0 Å². The Bertz CT molecular complexity index is 697. The molecule has 1 aliphatic rings. The second-order valence-corrected chi connectivity index (χ2v) is 7.34. The molecule has 1 aromatic heterocycles. The largest absolute Gasteiger partial charge is 0.274 e. The highest BCUT2D eigenvalue weighted by Gasteiger charge is 2.30. The van der Waals surface area contributed by atoms with E-state index in [0.29, 0.717) is 26.2 Å². The molecule has 116 valence electrons. The maximum Gasteiger partial charge on any atom is 0.274 e. The number of hydrogen-bond donors (Lipinski definition) is 0. The predicted octanol–water partition coefficient (Wildman–Crippen LogP) is 1.15. The van der Waals surface area contributed by atoms with E-state index in [1.165, 1.54) is 0 Å². The standard InChI is InChI=1S/C16H19N3O2S/c20-22(21,14-15-6-2-1-3-7-15)19-12-10-18(11-13-19)16-8-4-5-9-17-16/h1-9H,10-14H2/p+1. The minimum absolute atomic E-state index is 0.0747. The second kappa shape index (κ2) is 6.46. The maximum atomic E-state index is 12.5. The minimum Gasteiger partial charge on any atom is -0.259 e. The van der Waals surface area contributed by atoms with Gasteiger partial charge in [-0.25, -0.2) is 13.4 Å². The molecule has 0 aliphatic carbocycles. The number of aromatic amines is 1.